The molecule has 3 rings (SSSR count). The lowest BCUT2D eigenvalue weighted by Crippen LogP contribution is -2.37. The third kappa shape index (κ3) is 8.16. The third-order valence-corrected chi connectivity index (χ3v) is 8.19. The van der Waals surface area contributed by atoms with Gasteiger partial charge < -0.3 is 9.29 Å². The van der Waals surface area contributed by atoms with Crippen LogP contribution in [0.3, 0.4) is 0 Å². The lowest BCUT2D eigenvalue weighted by atomic mass is 9.91. The van der Waals surface area contributed by atoms with Crippen LogP contribution in [0.1, 0.15) is 27.2 Å². The van der Waals surface area contributed by atoms with Crippen molar-refractivity contribution in [3.8, 4) is 0 Å². The Hall–Kier alpha value is -2.75. The molecule has 0 aliphatic heterocycles. The van der Waals surface area contributed by atoms with E-state index in [1.165, 1.54) is 28.5 Å². The minimum Gasteiger partial charge on any atom is -0.743 e. The lowest BCUT2D eigenvalue weighted by molar-refractivity contribution is -0.160. The highest BCUT2D eigenvalue weighted by Gasteiger charge is 2.40. The third-order valence-electron chi connectivity index (χ3n) is 5.11. The number of esters is 1. The summed E-state index contributed by atoms with van der Waals surface area (Å²) >= 11 is 0. The highest BCUT2D eigenvalue weighted by molar-refractivity contribution is 7.97. The summed E-state index contributed by atoms with van der Waals surface area (Å²) in [5.41, 5.74) is -0.997. The van der Waals surface area contributed by atoms with Crippen LogP contribution in [0.2, 0.25) is 0 Å². The number of hydrogen-bond donors (Lipinski definition) is 0. The molecule has 35 heavy (non-hydrogen) atoms. The standard InChI is InChI=1S/C18H15S.C8H14F2O5S/c1-4-10-16(11-5-1)19(17-12-6-2-7-13-17)18-14-8-3-9-15-18;1-4-7(2,3)6(11)15-5-8(9,10)16(12,13)14/h1-15H;4-5H2,1-3H3,(H,12,13,14)/q+1;/p-1. The number of benzene rings is 3. The van der Waals surface area contributed by atoms with Crippen LogP contribution >= 0.6 is 0 Å². The zero-order valence-corrected chi connectivity index (χ0v) is 21.3. The first-order valence-corrected chi connectivity index (χ1v) is 13.4. The van der Waals surface area contributed by atoms with Crippen molar-refractivity contribution >= 4 is 27.0 Å². The minimum atomic E-state index is -5.81. The van der Waals surface area contributed by atoms with E-state index in [0.717, 1.165) is 0 Å². The highest BCUT2D eigenvalue weighted by atomic mass is 32.2. The fraction of sp³-hybridized carbons (Fsp3) is 0.269. The number of ether oxygens (including phenoxy) is 1. The van der Waals surface area contributed by atoms with E-state index < -0.39 is 33.4 Å². The molecule has 0 aliphatic rings. The number of hydrogen-bond acceptors (Lipinski definition) is 5. The number of rotatable bonds is 8. The SMILES string of the molecule is CCC(C)(C)C(=O)OCC(F)(F)S(=O)(=O)[O-].c1ccc([S+](c2ccccc2)c2ccccc2)cc1. The molecule has 0 amide bonds. The summed E-state index contributed by atoms with van der Waals surface area (Å²) in [6, 6.07) is 32.2. The Morgan fingerprint density at radius 2 is 1.17 bits per heavy atom. The van der Waals surface area contributed by atoms with E-state index in [1.807, 2.05) is 0 Å². The van der Waals surface area contributed by atoms with Crippen molar-refractivity contribution in [2.45, 2.75) is 47.1 Å². The molecular weight excluding hydrogens is 494 g/mol. The topological polar surface area (TPSA) is 83.5 Å². The predicted octanol–water partition coefficient (Wildman–Crippen LogP) is 5.89. The average molecular weight is 523 g/mol. The van der Waals surface area contributed by atoms with Crippen molar-refractivity contribution in [1.82, 2.24) is 0 Å². The maximum atomic E-state index is 12.6. The Morgan fingerprint density at radius 3 is 1.46 bits per heavy atom. The molecule has 0 radical (unpaired) electrons. The molecule has 3 aromatic carbocycles. The van der Waals surface area contributed by atoms with Crippen LogP contribution in [0.15, 0.2) is 106 Å². The highest BCUT2D eigenvalue weighted by Crippen LogP contribution is 2.30. The van der Waals surface area contributed by atoms with Crippen LogP contribution in [-0.4, -0.2) is 30.8 Å². The van der Waals surface area contributed by atoms with Crippen molar-refractivity contribution in [3.63, 3.8) is 0 Å². The van der Waals surface area contributed by atoms with Gasteiger partial charge in [0.1, 0.15) is 0 Å². The fourth-order valence-corrected chi connectivity index (χ4v) is 4.95. The number of alkyl halides is 2. The molecule has 0 atom stereocenters. The summed E-state index contributed by atoms with van der Waals surface area (Å²) in [5, 5.41) is -4.59. The first-order chi connectivity index (χ1) is 16.4. The zero-order chi connectivity index (χ0) is 26.1. The van der Waals surface area contributed by atoms with Gasteiger partial charge in [-0.05, 0) is 56.7 Å². The van der Waals surface area contributed by atoms with Crippen molar-refractivity contribution in [2.75, 3.05) is 6.61 Å². The Labute approximate surface area is 208 Å². The summed E-state index contributed by atoms with van der Waals surface area (Å²) < 4.78 is 59.6. The lowest BCUT2D eigenvalue weighted by Gasteiger charge is -2.24. The van der Waals surface area contributed by atoms with Crippen LogP contribution in [0.25, 0.3) is 0 Å². The fourth-order valence-electron chi connectivity index (χ4n) is 2.64. The van der Waals surface area contributed by atoms with E-state index in [-0.39, 0.29) is 10.9 Å². The van der Waals surface area contributed by atoms with E-state index in [1.54, 1.807) is 6.92 Å². The Balaban J connectivity index is 0.000000252. The van der Waals surface area contributed by atoms with Gasteiger partial charge in [-0.3, -0.25) is 4.79 Å². The molecule has 5 nitrogen and oxygen atoms in total. The normalized spacial score (nSPS) is 12.0. The van der Waals surface area contributed by atoms with Gasteiger partial charge in [-0.2, -0.15) is 8.78 Å². The Kier molecular flexibility index (Phi) is 10.00. The number of halogens is 2. The molecule has 0 N–H and O–H groups in total. The van der Waals surface area contributed by atoms with Crippen molar-refractivity contribution in [3.05, 3.63) is 91.0 Å². The maximum absolute atomic E-state index is 12.6. The summed E-state index contributed by atoms with van der Waals surface area (Å²) in [7, 11) is -5.83. The summed E-state index contributed by atoms with van der Waals surface area (Å²) in [4.78, 5) is 15.3. The van der Waals surface area contributed by atoms with Gasteiger partial charge >= 0.3 is 11.2 Å². The molecule has 0 saturated carbocycles. The van der Waals surface area contributed by atoms with Crippen LogP contribution in [0.5, 0.6) is 0 Å². The molecule has 0 saturated heterocycles. The monoisotopic (exact) mass is 522 g/mol. The molecule has 0 fully saturated rings. The first-order valence-electron chi connectivity index (χ1n) is 10.8. The average Bonchev–Trinajstić information content (AvgIpc) is 2.84. The van der Waals surface area contributed by atoms with E-state index in [2.05, 4.69) is 95.7 Å². The second kappa shape index (κ2) is 12.3. The second-order valence-corrected chi connectivity index (χ2v) is 11.7. The molecule has 0 heterocycles. The van der Waals surface area contributed by atoms with Crippen LogP contribution < -0.4 is 0 Å². The van der Waals surface area contributed by atoms with E-state index in [4.69, 9.17) is 0 Å². The molecule has 188 valence electrons. The predicted molar refractivity (Wildman–Crippen MR) is 131 cm³/mol. The molecule has 9 heteroatoms. The molecule has 0 bridgehead atoms. The zero-order valence-electron chi connectivity index (χ0n) is 19.7. The first kappa shape index (κ1) is 28.5. The van der Waals surface area contributed by atoms with E-state index >= 15 is 0 Å². The summed E-state index contributed by atoms with van der Waals surface area (Å²) in [5.74, 6) is -0.974. The van der Waals surface area contributed by atoms with Crippen molar-refractivity contribution in [2.24, 2.45) is 5.41 Å². The van der Waals surface area contributed by atoms with Gasteiger partial charge in [0.15, 0.2) is 31.4 Å². The van der Waals surface area contributed by atoms with E-state index in [0.29, 0.717) is 6.42 Å². The van der Waals surface area contributed by atoms with Crippen molar-refractivity contribution in [1.29, 1.82) is 0 Å². The number of carbonyl (C=O) groups is 1. The molecule has 0 unspecified atom stereocenters. The van der Waals surface area contributed by atoms with Gasteiger partial charge in [0.25, 0.3) is 0 Å². The molecule has 0 spiro atoms. The van der Waals surface area contributed by atoms with Crippen LogP contribution in [0.4, 0.5) is 8.78 Å². The molecule has 0 aliphatic carbocycles. The van der Waals surface area contributed by atoms with Gasteiger partial charge in [-0.1, -0.05) is 61.5 Å². The van der Waals surface area contributed by atoms with Crippen molar-refractivity contribution < 1.29 is 31.3 Å². The Morgan fingerprint density at radius 1 is 0.829 bits per heavy atom. The van der Waals surface area contributed by atoms with Crippen LogP contribution in [-0.2, 0) is 30.5 Å². The summed E-state index contributed by atoms with van der Waals surface area (Å²) in [6.07, 6.45) is 0.335. The van der Waals surface area contributed by atoms with Gasteiger partial charge in [0.05, 0.1) is 16.3 Å². The van der Waals surface area contributed by atoms with Gasteiger partial charge in [-0.25, -0.2) is 8.42 Å². The number of carbonyl (C=O) groups excluding carboxylic acids is 1. The molecular formula is C26H28F2O5S2. The quantitative estimate of drug-likeness (QED) is 0.209. The molecule has 0 aromatic heterocycles. The Bertz CT molecular complexity index is 1080. The summed E-state index contributed by atoms with van der Waals surface area (Å²) in [6.45, 7) is 2.81. The minimum absolute atomic E-state index is 0.0146. The largest absolute Gasteiger partial charge is 0.743 e. The van der Waals surface area contributed by atoms with Crippen LogP contribution in [0, 0.1) is 5.41 Å². The maximum Gasteiger partial charge on any atom is 0.367 e. The van der Waals surface area contributed by atoms with Gasteiger partial charge in [-0.15, -0.1) is 0 Å². The van der Waals surface area contributed by atoms with Gasteiger partial charge in [0, 0.05) is 0 Å². The van der Waals surface area contributed by atoms with Gasteiger partial charge in [0.2, 0.25) is 0 Å². The second-order valence-electron chi connectivity index (χ2n) is 8.15. The smallest absolute Gasteiger partial charge is 0.367 e. The van der Waals surface area contributed by atoms with E-state index in [9.17, 15) is 26.5 Å². The molecule has 3 aromatic rings.